The largest absolute Gasteiger partial charge is 0.456 e. The lowest BCUT2D eigenvalue weighted by atomic mass is 10.0. The topological polar surface area (TPSA) is 58.6 Å². The molecule has 1 heterocycles. The van der Waals surface area contributed by atoms with Crippen molar-refractivity contribution in [3.05, 3.63) is 53.6 Å². The lowest BCUT2D eigenvalue weighted by Gasteiger charge is -2.34. The number of piperidine rings is 1. The second-order valence-corrected chi connectivity index (χ2v) is 6.91. The molecule has 0 saturated carbocycles. The average Bonchev–Trinajstić information content (AvgIpc) is 2.70. The van der Waals surface area contributed by atoms with E-state index >= 15 is 0 Å². The number of amides is 2. The Labute approximate surface area is 164 Å². The minimum absolute atomic E-state index is 0.0262. The number of nitrogens with one attached hydrogen (secondary N) is 1. The molecule has 0 radical (unpaired) electrons. The Morgan fingerprint density at radius 2 is 1.89 bits per heavy atom. The van der Waals surface area contributed by atoms with Crippen LogP contribution in [0.1, 0.15) is 32.6 Å². The summed E-state index contributed by atoms with van der Waals surface area (Å²) in [6.45, 7) is 2.47. The van der Waals surface area contributed by atoms with E-state index < -0.39 is 6.04 Å². The number of hydrogen-bond acceptors (Lipinski definition) is 3. The first-order chi connectivity index (χ1) is 13.1. The maximum absolute atomic E-state index is 12.7. The van der Waals surface area contributed by atoms with Crippen molar-refractivity contribution in [3.8, 4) is 11.5 Å². The summed E-state index contributed by atoms with van der Waals surface area (Å²) >= 11 is 6.10. The molecule has 2 aromatic carbocycles. The first kappa shape index (κ1) is 19.2. The van der Waals surface area contributed by atoms with Gasteiger partial charge >= 0.3 is 0 Å². The number of anilines is 1. The van der Waals surface area contributed by atoms with Crippen LogP contribution in [-0.4, -0.2) is 29.3 Å². The first-order valence-corrected chi connectivity index (χ1v) is 9.59. The van der Waals surface area contributed by atoms with E-state index in [0.717, 1.165) is 12.8 Å². The molecular weight excluding hydrogens is 364 g/mol. The minimum atomic E-state index is -0.398. The van der Waals surface area contributed by atoms with Gasteiger partial charge in [0.25, 0.3) is 0 Å². The summed E-state index contributed by atoms with van der Waals surface area (Å²) < 4.78 is 5.75. The summed E-state index contributed by atoms with van der Waals surface area (Å²) in [7, 11) is 0. The Bertz CT molecular complexity index is 807. The van der Waals surface area contributed by atoms with Gasteiger partial charge in [0.2, 0.25) is 11.8 Å². The number of benzene rings is 2. The Balaban J connectivity index is 1.64. The van der Waals surface area contributed by atoms with Crippen molar-refractivity contribution in [2.45, 2.75) is 38.6 Å². The highest BCUT2D eigenvalue weighted by molar-refractivity contribution is 6.32. The van der Waals surface area contributed by atoms with Crippen molar-refractivity contribution < 1.29 is 14.3 Å². The maximum atomic E-state index is 12.7. The molecule has 27 heavy (non-hydrogen) atoms. The molecule has 1 saturated heterocycles. The number of carbonyl (C=O) groups is 2. The van der Waals surface area contributed by atoms with Crippen LogP contribution in [0.5, 0.6) is 11.5 Å². The number of ether oxygens (including phenoxy) is 1. The zero-order valence-corrected chi connectivity index (χ0v) is 16.0. The molecule has 1 atom stereocenters. The van der Waals surface area contributed by atoms with E-state index in [-0.39, 0.29) is 11.8 Å². The van der Waals surface area contributed by atoms with Gasteiger partial charge in [-0.1, -0.05) is 30.7 Å². The number of halogens is 1. The van der Waals surface area contributed by atoms with Gasteiger partial charge in [0.15, 0.2) is 0 Å². The van der Waals surface area contributed by atoms with E-state index in [1.807, 2.05) is 19.1 Å². The highest BCUT2D eigenvalue weighted by Gasteiger charge is 2.31. The van der Waals surface area contributed by atoms with Gasteiger partial charge < -0.3 is 15.0 Å². The second kappa shape index (κ2) is 8.91. The summed E-state index contributed by atoms with van der Waals surface area (Å²) in [5, 5.41) is 3.44. The predicted octanol–water partition coefficient (Wildman–Crippen LogP) is 4.86. The van der Waals surface area contributed by atoms with Crippen LogP contribution in [0, 0.1) is 0 Å². The molecule has 0 bridgehead atoms. The van der Waals surface area contributed by atoms with Crippen LogP contribution in [0.4, 0.5) is 5.69 Å². The van der Waals surface area contributed by atoms with Crippen LogP contribution in [0.3, 0.4) is 0 Å². The predicted molar refractivity (Wildman–Crippen MR) is 106 cm³/mol. The molecule has 1 unspecified atom stereocenters. The molecule has 0 aromatic heterocycles. The molecule has 142 valence electrons. The molecule has 0 spiro atoms. The number of carbonyl (C=O) groups excluding carboxylic acids is 2. The number of likely N-dealkylation sites (tertiary alicyclic amines) is 1. The molecule has 3 rings (SSSR count). The van der Waals surface area contributed by atoms with Crippen molar-refractivity contribution in [1.82, 2.24) is 4.90 Å². The summed E-state index contributed by atoms with van der Waals surface area (Å²) in [6, 6.07) is 13.9. The SMILES string of the molecule is CCC(=O)N1CCCCC1C(=O)Nc1ccc(Oc2ccccc2Cl)cc1. The van der Waals surface area contributed by atoms with E-state index in [9.17, 15) is 9.59 Å². The molecule has 5 nitrogen and oxygen atoms in total. The summed E-state index contributed by atoms with van der Waals surface area (Å²) in [4.78, 5) is 26.5. The van der Waals surface area contributed by atoms with Gasteiger partial charge in [0, 0.05) is 18.7 Å². The van der Waals surface area contributed by atoms with E-state index in [1.54, 1.807) is 41.3 Å². The maximum Gasteiger partial charge on any atom is 0.247 e. The van der Waals surface area contributed by atoms with E-state index in [0.29, 0.717) is 41.6 Å². The smallest absolute Gasteiger partial charge is 0.247 e. The third-order valence-electron chi connectivity index (χ3n) is 4.61. The molecular formula is C21H23ClN2O3. The minimum Gasteiger partial charge on any atom is -0.456 e. The number of nitrogens with zero attached hydrogens (tertiary/aromatic N) is 1. The van der Waals surface area contributed by atoms with E-state index in [2.05, 4.69) is 5.32 Å². The van der Waals surface area contributed by atoms with Crippen molar-refractivity contribution in [2.24, 2.45) is 0 Å². The average molecular weight is 387 g/mol. The quantitative estimate of drug-likeness (QED) is 0.798. The van der Waals surface area contributed by atoms with Crippen molar-refractivity contribution in [3.63, 3.8) is 0 Å². The first-order valence-electron chi connectivity index (χ1n) is 9.21. The zero-order valence-electron chi connectivity index (χ0n) is 15.3. The van der Waals surface area contributed by atoms with E-state index in [4.69, 9.17) is 16.3 Å². The van der Waals surface area contributed by atoms with Gasteiger partial charge in [-0.05, 0) is 55.7 Å². The summed E-state index contributed by atoms with van der Waals surface area (Å²) in [5.41, 5.74) is 0.668. The third kappa shape index (κ3) is 4.80. The third-order valence-corrected chi connectivity index (χ3v) is 4.93. The van der Waals surface area contributed by atoms with E-state index in [1.165, 1.54) is 0 Å². The highest BCUT2D eigenvalue weighted by atomic mass is 35.5. The van der Waals surface area contributed by atoms with Crippen LogP contribution >= 0.6 is 11.6 Å². The molecule has 2 aromatic rings. The summed E-state index contributed by atoms with van der Waals surface area (Å²) in [6.07, 6.45) is 3.02. The van der Waals surface area contributed by atoms with Gasteiger partial charge in [-0.2, -0.15) is 0 Å². The molecule has 1 N–H and O–H groups in total. The second-order valence-electron chi connectivity index (χ2n) is 6.50. The standard InChI is InChI=1S/C21H23ClN2O3/c1-2-20(25)24-14-6-5-8-18(24)21(26)23-15-10-12-16(13-11-15)27-19-9-4-3-7-17(19)22/h3-4,7,9-13,18H,2,5-6,8,14H2,1H3,(H,23,26). The highest BCUT2D eigenvalue weighted by Crippen LogP contribution is 2.29. The Morgan fingerprint density at radius 3 is 2.59 bits per heavy atom. The van der Waals surface area contributed by atoms with Gasteiger partial charge in [-0.25, -0.2) is 0 Å². The van der Waals surface area contributed by atoms with Crippen LogP contribution < -0.4 is 10.1 Å². The molecule has 1 aliphatic heterocycles. The van der Waals surface area contributed by atoms with Crippen LogP contribution in [0.25, 0.3) is 0 Å². The van der Waals surface area contributed by atoms with Crippen LogP contribution in [0.15, 0.2) is 48.5 Å². The number of rotatable bonds is 5. The molecule has 2 amide bonds. The van der Waals surface area contributed by atoms with Crippen molar-refractivity contribution in [1.29, 1.82) is 0 Å². The molecule has 1 fully saturated rings. The van der Waals surface area contributed by atoms with Crippen LogP contribution in [0.2, 0.25) is 5.02 Å². The lowest BCUT2D eigenvalue weighted by Crippen LogP contribution is -2.49. The molecule has 6 heteroatoms. The van der Waals surface area contributed by atoms with Crippen LogP contribution in [-0.2, 0) is 9.59 Å². The van der Waals surface area contributed by atoms with Gasteiger partial charge in [-0.15, -0.1) is 0 Å². The van der Waals surface area contributed by atoms with Gasteiger partial charge in [0.05, 0.1) is 5.02 Å². The Kier molecular flexibility index (Phi) is 6.35. The zero-order chi connectivity index (χ0) is 19.2. The molecule has 1 aliphatic rings. The molecule has 0 aliphatic carbocycles. The Morgan fingerprint density at radius 1 is 1.15 bits per heavy atom. The lowest BCUT2D eigenvalue weighted by molar-refractivity contribution is -0.140. The number of para-hydroxylation sites is 1. The van der Waals surface area contributed by atoms with Crippen molar-refractivity contribution in [2.75, 3.05) is 11.9 Å². The van der Waals surface area contributed by atoms with Gasteiger partial charge in [0.1, 0.15) is 17.5 Å². The fourth-order valence-corrected chi connectivity index (χ4v) is 3.37. The fraction of sp³-hybridized carbons (Fsp3) is 0.333. The van der Waals surface area contributed by atoms with Gasteiger partial charge in [-0.3, -0.25) is 9.59 Å². The number of hydrogen-bond donors (Lipinski definition) is 1. The summed E-state index contributed by atoms with van der Waals surface area (Å²) in [5.74, 6) is 1.09. The normalized spacial score (nSPS) is 16.7. The van der Waals surface area contributed by atoms with Crippen molar-refractivity contribution >= 4 is 29.1 Å². The Hall–Kier alpha value is -2.53. The fourth-order valence-electron chi connectivity index (χ4n) is 3.19. The monoisotopic (exact) mass is 386 g/mol.